The third kappa shape index (κ3) is 6.95. The Morgan fingerprint density at radius 2 is 2.06 bits per heavy atom. The number of piperidine rings is 1. The second-order valence-electron chi connectivity index (χ2n) is 10.9. The van der Waals surface area contributed by atoms with Crippen LogP contribution in [0.4, 0.5) is 20.6 Å². The van der Waals surface area contributed by atoms with Gasteiger partial charge in [-0.2, -0.15) is 0 Å². The Morgan fingerprint density at radius 1 is 1.22 bits per heavy atom. The van der Waals surface area contributed by atoms with Gasteiger partial charge >= 0.3 is 6.09 Å². The van der Waals surface area contributed by atoms with E-state index in [9.17, 15) is 9.18 Å². The van der Waals surface area contributed by atoms with Crippen molar-refractivity contribution < 1.29 is 13.9 Å². The lowest BCUT2D eigenvalue weighted by Crippen LogP contribution is -2.51. The smallest absolute Gasteiger partial charge is 0.407 e. The molecule has 2 aliphatic rings. The molecule has 7 nitrogen and oxygen atoms in total. The Balaban J connectivity index is 1.45. The van der Waals surface area contributed by atoms with Crippen LogP contribution in [0.2, 0.25) is 0 Å². The second kappa shape index (κ2) is 11.3. The highest BCUT2D eigenvalue weighted by Crippen LogP contribution is 2.31. The Hall–Kier alpha value is -3.16. The fourth-order valence-corrected chi connectivity index (χ4v) is 4.97. The highest BCUT2D eigenvalue weighted by atomic mass is 19.1. The molecule has 194 valence electrons. The van der Waals surface area contributed by atoms with Gasteiger partial charge in [-0.05, 0) is 82.6 Å². The van der Waals surface area contributed by atoms with E-state index >= 15 is 0 Å². The van der Waals surface area contributed by atoms with E-state index in [1.54, 1.807) is 18.5 Å². The van der Waals surface area contributed by atoms with Gasteiger partial charge in [-0.25, -0.2) is 14.2 Å². The molecule has 2 unspecified atom stereocenters. The predicted molar refractivity (Wildman–Crippen MR) is 141 cm³/mol. The summed E-state index contributed by atoms with van der Waals surface area (Å²) in [6.07, 6.45) is 10.3. The maximum Gasteiger partial charge on any atom is 0.407 e. The van der Waals surface area contributed by atoms with E-state index in [0.29, 0.717) is 24.7 Å². The molecule has 8 heteroatoms. The van der Waals surface area contributed by atoms with E-state index in [-0.39, 0.29) is 18.0 Å². The quantitative estimate of drug-likeness (QED) is 0.518. The molecule has 3 heterocycles. The van der Waals surface area contributed by atoms with Gasteiger partial charge in [0.15, 0.2) is 0 Å². The second-order valence-corrected chi connectivity index (χ2v) is 10.9. The monoisotopic (exact) mass is 495 g/mol. The van der Waals surface area contributed by atoms with Crippen molar-refractivity contribution in [3.8, 4) is 0 Å². The molecule has 36 heavy (non-hydrogen) atoms. The Labute approximate surface area is 213 Å². The number of amides is 1. The Morgan fingerprint density at radius 3 is 2.81 bits per heavy atom. The molecule has 2 aromatic rings. The summed E-state index contributed by atoms with van der Waals surface area (Å²) in [4.78, 5) is 23.6. The van der Waals surface area contributed by atoms with Crippen molar-refractivity contribution in [1.82, 2.24) is 15.3 Å². The number of aromatic nitrogens is 2. The summed E-state index contributed by atoms with van der Waals surface area (Å²) in [6, 6.07) is 5.21. The number of nitrogens with zero attached hydrogens (tertiary/aromatic N) is 3. The molecule has 1 aliphatic heterocycles. The van der Waals surface area contributed by atoms with E-state index in [0.717, 1.165) is 61.3 Å². The molecule has 0 bridgehead atoms. The molecule has 0 saturated carbocycles. The van der Waals surface area contributed by atoms with Gasteiger partial charge in [0.1, 0.15) is 17.1 Å². The van der Waals surface area contributed by atoms with Crippen molar-refractivity contribution in [2.75, 3.05) is 23.3 Å². The third-order valence-corrected chi connectivity index (χ3v) is 6.48. The van der Waals surface area contributed by atoms with Crippen molar-refractivity contribution in [3.63, 3.8) is 0 Å². The van der Waals surface area contributed by atoms with Crippen LogP contribution in [-0.2, 0) is 11.3 Å². The van der Waals surface area contributed by atoms with Gasteiger partial charge in [0.2, 0.25) is 0 Å². The van der Waals surface area contributed by atoms with E-state index < -0.39 is 5.60 Å². The number of halogens is 1. The molecule has 1 amide bonds. The van der Waals surface area contributed by atoms with Crippen molar-refractivity contribution >= 4 is 23.0 Å². The van der Waals surface area contributed by atoms with Gasteiger partial charge in [-0.3, -0.25) is 4.98 Å². The van der Waals surface area contributed by atoms with Gasteiger partial charge < -0.3 is 20.3 Å². The number of carbonyl (C=O) groups is 1. The molecule has 4 rings (SSSR count). The van der Waals surface area contributed by atoms with Crippen LogP contribution >= 0.6 is 0 Å². The average molecular weight is 496 g/mol. The highest BCUT2D eigenvalue weighted by Gasteiger charge is 2.29. The van der Waals surface area contributed by atoms with E-state index in [4.69, 9.17) is 4.74 Å². The molecule has 0 aromatic carbocycles. The number of rotatable bonds is 6. The fraction of sp³-hybridized carbons (Fsp3) is 0.536. The van der Waals surface area contributed by atoms with Crippen LogP contribution in [0, 0.1) is 11.7 Å². The van der Waals surface area contributed by atoms with Gasteiger partial charge in [0.05, 0.1) is 29.8 Å². The Bertz CT molecular complexity index is 1100. The number of carbonyl (C=O) groups excluding carboxylic acids is 1. The minimum Gasteiger partial charge on any atom is -0.444 e. The topological polar surface area (TPSA) is 79.4 Å². The SMILES string of the molecule is CC1CC(NC(=O)OC(C)(C)C)CN(c2ccncc2NCc2ccc(F)c(C3=CCCCC3)n2)C1. The minimum atomic E-state index is -0.534. The van der Waals surface area contributed by atoms with Gasteiger partial charge in [0.25, 0.3) is 0 Å². The number of hydrogen-bond donors (Lipinski definition) is 2. The zero-order chi connectivity index (χ0) is 25.7. The van der Waals surface area contributed by atoms with Gasteiger partial charge in [-0.1, -0.05) is 13.0 Å². The van der Waals surface area contributed by atoms with Crippen LogP contribution in [0.15, 0.2) is 36.7 Å². The third-order valence-electron chi connectivity index (χ3n) is 6.48. The van der Waals surface area contributed by atoms with Crippen molar-refractivity contribution in [1.29, 1.82) is 0 Å². The summed E-state index contributed by atoms with van der Waals surface area (Å²) in [5.41, 5.74) is 3.63. The number of alkyl carbamates (subject to hydrolysis) is 1. The van der Waals surface area contributed by atoms with E-state index in [1.165, 1.54) is 6.07 Å². The first-order valence-electron chi connectivity index (χ1n) is 12.9. The molecule has 1 saturated heterocycles. The first-order valence-corrected chi connectivity index (χ1v) is 12.9. The van der Waals surface area contributed by atoms with E-state index in [1.807, 2.05) is 26.8 Å². The standard InChI is InChI=1S/C28H38FN5O2/c1-19-14-22(33-27(35)36-28(2,3)4)18-34(17-19)25-12-13-30-16-24(25)31-15-21-10-11-23(29)26(32-21)20-8-6-5-7-9-20/h8,10-13,16,19,22,31H,5-7,9,14-15,17-18H2,1-4H3,(H,33,35). The Kier molecular flexibility index (Phi) is 8.11. The first kappa shape index (κ1) is 25.9. The molecular formula is C28H38FN5O2. The number of hydrogen-bond acceptors (Lipinski definition) is 6. The largest absolute Gasteiger partial charge is 0.444 e. The van der Waals surface area contributed by atoms with Crippen molar-refractivity contribution in [3.05, 3.63) is 53.9 Å². The number of ether oxygens (including phenoxy) is 1. The van der Waals surface area contributed by atoms with Crippen LogP contribution in [0.5, 0.6) is 0 Å². The van der Waals surface area contributed by atoms with E-state index in [2.05, 4.69) is 38.5 Å². The van der Waals surface area contributed by atoms with Crippen molar-refractivity contribution in [2.24, 2.45) is 5.92 Å². The average Bonchev–Trinajstić information content (AvgIpc) is 2.82. The summed E-state index contributed by atoms with van der Waals surface area (Å²) in [5, 5.41) is 6.49. The molecule has 0 spiro atoms. The zero-order valence-corrected chi connectivity index (χ0v) is 21.8. The molecule has 1 aliphatic carbocycles. The lowest BCUT2D eigenvalue weighted by Gasteiger charge is -2.39. The number of nitrogens with one attached hydrogen (secondary N) is 2. The normalized spacial score (nSPS) is 20.5. The number of anilines is 2. The van der Waals surface area contributed by atoms with Crippen LogP contribution in [0.25, 0.3) is 5.57 Å². The fourth-order valence-electron chi connectivity index (χ4n) is 4.97. The van der Waals surface area contributed by atoms with Crippen molar-refractivity contribution in [2.45, 2.75) is 78.0 Å². The number of allylic oxidation sites excluding steroid dienone is 2. The molecule has 2 N–H and O–H groups in total. The summed E-state index contributed by atoms with van der Waals surface area (Å²) >= 11 is 0. The molecule has 0 radical (unpaired) electrons. The van der Waals surface area contributed by atoms with Crippen LogP contribution in [0.1, 0.15) is 71.2 Å². The minimum absolute atomic E-state index is 0.0188. The lowest BCUT2D eigenvalue weighted by molar-refractivity contribution is 0.0495. The highest BCUT2D eigenvalue weighted by molar-refractivity contribution is 5.70. The van der Waals surface area contributed by atoms with Crippen LogP contribution in [0.3, 0.4) is 0 Å². The van der Waals surface area contributed by atoms with Crippen LogP contribution in [-0.4, -0.2) is 40.8 Å². The van der Waals surface area contributed by atoms with Gasteiger partial charge in [-0.15, -0.1) is 0 Å². The number of pyridine rings is 2. The predicted octanol–water partition coefficient (Wildman–Crippen LogP) is 5.92. The van der Waals surface area contributed by atoms with Gasteiger partial charge in [0, 0.05) is 25.3 Å². The molecule has 1 fully saturated rings. The summed E-state index contributed by atoms with van der Waals surface area (Å²) < 4.78 is 20.0. The molecule has 2 aromatic heterocycles. The summed E-state index contributed by atoms with van der Waals surface area (Å²) in [5.74, 6) is 0.129. The zero-order valence-electron chi connectivity index (χ0n) is 21.8. The van der Waals surface area contributed by atoms with Crippen LogP contribution < -0.4 is 15.5 Å². The maximum absolute atomic E-state index is 14.5. The molecular weight excluding hydrogens is 457 g/mol. The first-order chi connectivity index (χ1) is 17.2. The molecule has 2 atom stereocenters. The maximum atomic E-state index is 14.5. The lowest BCUT2D eigenvalue weighted by atomic mass is 9.95. The summed E-state index contributed by atoms with van der Waals surface area (Å²) in [7, 11) is 0. The summed E-state index contributed by atoms with van der Waals surface area (Å²) in [6.45, 7) is 9.79.